The van der Waals surface area contributed by atoms with E-state index in [1.165, 1.54) is 7.11 Å². The number of rotatable bonds is 3. The average Bonchev–Trinajstić information content (AvgIpc) is 2.40. The summed E-state index contributed by atoms with van der Waals surface area (Å²) in [6, 6.07) is 5.16. The third-order valence-electron chi connectivity index (χ3n) is 4.04. The first-order valence-electron chi connectivity index (χ1n) is 7.06. The number of nitrogens with two attached hydrogens (primary N) is 1. The lowest BCUT2D eigenvalue weighted by atomic mass is 9.76. The van der Waals surface area contributed by atoms with Crippen molar-refractivity contribution in [2.75, 3.05) is 12.8 Å². The van der Waals surface area contributed by atoms with Crippen molar-refractivity contribution in [3.8, 4) is 5.75 Å². The molecule has 0 unspecified atom stereocenters. The standard InChI is InChI=1S/C16H23NO3/c1-16(2)9-7-11(8-10-16)20-15(18)14-12(17)5-4-6-13(14)19-3/h4-6,11H,7-10,17H2,1-3H3. The zero-order valence-corrected chi connectivity index (χ0v) is 12.4. The highest BCUT2D eigenvalue weighted by Gasteiger charge is 2.30. The van der Waals surface area contributed by atoms with E-state index in [0.29, 0.717) is 22.4 Å². The highest BCUT2D eigenvalue weighted by molar-refractivity contribution is 5.98. The molecule has 0 bridgehead atoms. The van der Waals surface area contributed by atoms with Gasteiger partial charge in [0.25, 0.3) is 0 Å². The Bertz CT molecular complexity index is 486. The number of carbonyl (C=O) groups is 1. The average molecular weight is 277 g/mol. The molecule has 0 saturated heterocycles. The fraction of sp³-hybridized carbons (Fsp3) is 0.562. The lowest BCUT2D eigenvalue weighted by Crippen LogP contribution is -2.28. The molecule has 20 heavy (non-hydrogen) atoms. The Labute approximate surface area is 120 Å². The minimum atomic E-state index is -0.385. The molecule has 1 saturated carbocycles. The van der Waals surface area contributed by atoms with Gasteiger partial charge < -0.3 is 15.2 Å². The van der Waals surface area contributed by atoms with Crippen LogP contribution >= 0.6 is 0 Å². The van der Waals surface area contributed by atoms with E-state index in [-0.39, 0.29) is 12.1 Å². The van der Waals surface area contributed by atoms with Crippen molar-refractivity contribution in [2.45, 2.75) is 45.6 Å². The third kappa shape index (κ3) is 3.24. The summed E-state index contributed by atoms with van der Waals surface area (Å²) >= 11 is 0. The molecule has 1 aromatic rings. The van der Waals surface area contributed by atoms with E-state index in [9.17, 15) is 4.79 Å². The summed E-state index contributed by atoms with van der Waals surface area (Å²) in [4.78, 5) is 12.3. The number of esters is 1. The number of nitrogen functional groups attached to an aromatic ring is 1. The van der Waals surface area contributed by atoms with E-state index < -0.39 is 0 Å². The van der Waals surface area contributed by atoms with E-state index in [1.807, 2.05) is 0 Å². The molecule has 1 aliphatic carbocycles. The molecule has 1 aliphatic rings. The molecule has 1 fully saturated rings. The molecule has 0 atom stereocenters. The van der Waals surface area contributed by atoms with Crippen LogP contribution in [-0.4, -0.2) is 19.2 Å². The Morgan fingerprint density at radius 3 is 2.55 bits per heavy atom. The quantitative estimate of drug-likeness (QED) is 0.679. The van der Waals surface area contributed by atoms with E-state index in [4.69, 9.17) is 15.2 Å². The van der Waals surface area contributed by atoms with Crippen LogP contribution in [0, 0.1) is 5.41 Å². The summed E-state index contributed by atoms with van der Waals surface area (Å²) in [6.45, 7) is 4.51. The van der Waals surface area contributed by atoms with Crippen LogP contribution in [0.25, 0.3) is 0 Å². The van der Waals surface area contributed by atoms with Crippen LogP contribution in [0.4, 0.5) is 5.69 Å². The summed E-state index contributed by atoms with van der Waals surface area (Å²) < 4.78 is 10.8. The van der Waals surface area contributed by atoms with Gasteiger partial charge in [-0.15, -0.1) is 0 Å². The molecule has 0 aliphatic heterocycles. The Kier molecular flexibility index (Phi) is 4.21. The fourth-order valence-electron chi connectivity index (χ4n) is 2.64. The largest absolute Gasteiger partial charge is 0.496 e. The summed E-state index contributed by atoms with van der Waals surface area (Å²) in [5.74, 6) is 0.0794. The lowest BCUT2D eigenvalue weighted by Gasteiger charge is -2.33. The van der Waals surface area contributed by atoms with Gasteiger partial charge in [0.2, 0.25) is 0 Å². The molecule has 2 rings (SSSR count). The summed E-state index contributed by atoms with van der Waals surface area (Å²) in [6.07, 6.45) is 3.96. The monoisotopic (exact) mass is 277 g/mol. The first kappa shape index (κ1) is 14.7. The number of methoxy groups -OCH3 is 1. The molecule has 0 aromatic heterocycles. The van der Waals surface area contributed by atoms with Crippen molar-refractivity contribution in [3.05, 3.63) is 23.8 Å². The molecule has 0 radical (unpaired) electrons. The summed E-state index contributed by atoms with van der Waals surface area (Å²) in [5.41, 5.74) is 6.95. The van der Waals surface area contributed by atoms with Gasteiger partial charge in [0, 0.05) is 5.69 Å². The van der Waals surface area contributed by atoms with Crippen LogP contribution in [0.3, 0.4) is 0 Å². The second-order valence-electron chi connectivity index (χ2n) is 6.19. The van der Waals surface area contributed by atoms with Crippen LogP contribution in [0.1, 0.15) is 49.9 Å². The maximum Gasteiger partial charge on any atom is 0.344 e. The Hall–Kier alpha value is -1.71. The van der Waals surface area contributed by atoms with Gasteiger partial charge in [-0.2, -0.15) is 0 Å². The number of carbonyl (C=O) groups excluding carboxylic acids is 1. The van der Waals surface area contributed by atoms with E-state index in [0.717, 1.165) is 25.7 Å². The molecule has 2 N–H and O–H groups in total. The molecule has 0 heterocycles. The van der Waals surface area contributed by atoms with Gasteiger partial charge in [-0.05, 0) is 43.2 Å². The fourth-order valence-corrected chi connectivity index (χ4v) is 2.64. The van der Waals surface area contributed by atoms with Crippen molar-refractivity contribution in [1.82, 2.24) is 0 Å². The van der Waals surface area contributed by atoms with Crippen LogP contribution < -0.4 is 10.5 Å². The number of anilines is 1. The number of hydrogen-bond acceptors (Lipinski definition) is 4. The maximum atomic E-state index is 12.3. The van der Waals surface area contributed by atoms with Crippen LogP contribution in [0.15, 0.2) is 18.2 Å². The van der Waals surface area contributed by atoms with E-state index >= 15 is 0 Å². The Morgan fingerprint density at radius 1 is 1.30 bits per heavy atom. The Balaban J connectivity index is 2.06. The van der Waals surface area contributed by atoms with Crippen molar-refractivity contribution >= 4 is 11.7 Å². The first-order valence-corrected chi connectivity index (χ1v) is 7.06. The van der Waals surface area contributed by atoms with E-state index in [1.54, 1.807) is 18.2 Å². The second-order valence-corrected chi connectivity index (χ2v) is 6.19. The van der Waals surface area contributed by atoms with Gasteiger partial charge >= 0.3 is 5.97 Å². The Morgan fingerprint density at radius 2 is 1.95 bits per heavy atom. The zero-order chi connectivity index (χ0) is 14.8. The van der Waals surface area contributed by atoms with Gasteiger partial charge in [-0.3, -0.25) is 0 Å². The normalized spacial score (nSPS) is 18.6. The molecule has 110 valence electrons. The zero-order valence-electron chi connectivity index (χ0n) is 12.4. The van der Waals surface area contributed by atoms with Crippen LogP contribution in [0.5, 0.6) is 5.75 Å². The highest BCUT2D eigenvalue weighted by atomic mass is 16.5. The van der Waals surface area contributed by atoms with Gasteiger partial charge in [0.15, 0.2) is 0 Å². The predicted octanol–water partition coefficient (Wildman–Crippen LogP) is 3.40. The summed E-state index contributed by atoms with van der Waals surface area (Å²) in [7, 11) is 1.52. The number of hydrogen-bond donors (Lipinski definition) is 1. The minimum Gasteiger partial charge on any atom is -0.496 e. The van der Waals surface area contributed by atoms with Crippen LogP contribution in [-0.2, 0) is 4.74 Å². The minimum absolute atomic E-state index is 0.0140. The maximum absolute atomic E-state index is 12.3. The van der Waals surface area contributed by atoms with Crippen molar-refractivity contribution in [1.29, 1.82) is 0 Å². The topological polar surface area (TPSA) is 61.5 Å². The van der Waals surface area contributed by atoms with Gasteiger partial charge in [0.1, 0.15) is 17.4 Å². The molecular formula is C16H23NO3. The third-order valence-corrected chi connectivity index (χ3v) is 4.04. The molecule has 4 heteroatoms. The van der Waals surface area contributed by atoms with Gasteiger partial charge in [-0.25, -0.2) is 4.79 Å². The number of benzene rings is 1. The molecule has 0 amide bonds. The van der Waals surface area contributed by atoms with Crippen LogP contribution in [0.2, 0.25) is 0 Å². The molecule has 4 nitrogen and oxygen atoms in total. The van der Waals surface area contributed by atoms with Crippen molar-refractivity contribution in [3.63, 3.8) is 0 Å². The van der Waals surface area contributed by atoms with Gasteiger partial charge in [0.05, 0.1) is 7.11 Å². The second kappa shape index (κ2) is 5.73. The molecule has 1 aromatic carbocycles. The molecular weight excluding hydrogens is 254 g/mol. The highest BCUT2D eigenvalue weighted by Crippen LogP contribution is 2.37. The van der Waals surface area contributed by atoms with E-state index in [2.05, 4.69) is 13.8 Å². The lowest BCUT2D eigenvalue weighted by molar-refractivity contribution is 0.00935. The summed E-state index contributed by atoms with van der Waals surface area (Å²) in [5, 5.41) is 0. The smallest absolute Gasteiger partial charge is 0.344 e. The predicted molar refractivity (Wildman–Crippen MR) is 78.9 cm³/mol. The van der Waals surface area contributed by atoms with Crippen molar-refractivity contribution < 1.29 is 14.3 Å². The van der Waals surface area contributed by atoms with Gasteiger partial charge in [-0.1, -0.05) is 19.9 Å². The first-order chi connectivity index (χ1) is 9.43. The SMILES string of the molecule is COc1cccc(N)c1C(=O)OC1CCC(C)(C)CC1. The van der Waals surface area contributed by atoms with Crippen molar-refractivity contribution in [2.24, 2.45) is 5.41 Å². The molecule has 0 spiro atoms. The number of ether oxygens (including phenoxy) is 2.